The molecule has 0 aliphatic carbocycles. The highest BCUT2D eigenvalue weighted by atomic mass is 16.5. The Morgan fingerprint density at radius 3 is 2.88 bits per heavy atom. The van der Waals surface area contributed by atoms with Gasteiger partial charge in [0.25, 0.3) is 0 Å². The van der Waals surface area contributed by atoms with Gasteiger partial charge in [-0.3, -0.25) is 4.99 Å². The van der Waals surface area contributed by atoms with E-state index < -0.39 is 0 Å². The van der Waals surface area contributed by atoms with Gasteiger partial charge in [0, 0.05) is 38.5 Å². The van der Waals surface area contributed by atoms with Crippen LogP contribution in [0, 0.1) is 0 Å². The molecule has 3 rings (SSSR count). The number of fused-ring (bicyclic) bond motifs is 1. The van der Waals surface area contributed by atoms with Crippen molar-refractivity contribution in [1.82, 2.24) is 10.6 Å². The summed E-state index contributed by atoms with van der Waals surface area (Å²) in [5.41, 5.74) is 1.06. The van der Waals surface area contributed by atoms with Crippen molar-refractivity contribution in [2.45, 2.75) is 19.4 Å². The summed E-state index contributed by atoms with van der Waals surface area (Å²) in [5, 5.41) is 6.59. The fourth-order valence-electron chi connectivity index (χ4n) is 2.55. The van der Waals surface area contributed by atoms with Crippen LogP contribution in [0.3, 0.4) is 0 Å². The van der Waals surface area contributed by atoms with E-state index in [0.717, 1.165) is 48.2 Å². The highest BCUT2D eigenvalue weighted by Crippen LogP contribution is 2.33. The average Bonchev–Trinajstić information content (AvgIpc) is 3.00. The highest BCUT2D eigenvalue weighted by Gasteiger charge is 2.14. The van der Waals surface area contributed by atoms with Crippen molar-refractivity contribution in [2.75, 3.05) is 26.8 Å². The number of guanidine groups is 1. The van der Waals surface area contributed by atoms with Gasteiger partial charge in [0.1, 0.15) is 5.76 Å². The molecule has 0 fully saturated rings. The van der Waals surface area contributed by atoms with Crippen LogP contribution in [0.2, 0.25) is 0 Å². The summed E-state index contributed by atoms with van der Waals surface area (Å²) in [5.74, 6) is 3.34. The Kier molecular flexibility index (Phi) is 5.61. The van der Waals surface area contributed by atoms with Crippen LogP contribution in [0.4, 0.5) is 0 Å². The third-order valence-electron chi connectivity index (χ3n) is 3.77. The van der Waals surface area contributed by atoms with Crippen LogP contribution in [-0.2, 0) is 13.0 Å². The first-order valence-corrected chi connectivity index (χ1v) is 8.21. The molecule has 0 bridgehead atoms. The molecule has 0 saturated carbocycles. The largest absolute Gasteiger partial charge is 0.490 e. The molecule has 1 aliphatic heterocycles. The van der Waals surface area contributed by atoms with E-state index >= 15 is 0 Å². The van der Waals surface area contributed by atoms with Gasteiger partial charge in [-0.1, -0.05) is 12.1 Å². The zero-order chi connectivity index (χ0) is 16.6. The monoisotopic (exact) mass is 329 g/mol. The molecular weight excluding hydrogens is 306 g/mol. The van der Waals surface area contributed by atoms with E-state index in [-0.39, 0.29) is 0 Å². The van der Waals surface area contributed by atoms with Gasteiger partial charge in [-0.2, -0.15) is 0 Å². The number of benzene rings is 1. The molecule has 2 heterocycles. The summed E-state index contributed by atoms with van der Waals surface area (Å²) in [7, 11) is 1.76. The number of nitrogens with zero attached hydrogens (tertiary/aromatic N) is 1. The maximum absolute atomic E-state index is 5.84. The smallest absolute Gasteiger partial charge is 0.191 e. The lowest BCUT2D eigenvalue weighted by molar-refractivity contribution is 0.296. The summed E-state index contributed by atoms with van der Waals surface area (Å²) < 4.78 is 16.9. The standard InChI is InChI=1S/C18H23N3O3/c1-19-18(20-9-8-15-6-3-10-22-15)21-13-14-5-2-7-16-17(14)24-12-4-11-23-16/h2-3,5-7,10H,4,8-9,11-13H2,1H3,(H2,19,20,21). The Morgan fingerprint density at radius 2 is 2.04 bits per heavy atom. The lowest BCUT2D eigenvalue weighted by atomic mass is 10.2. The van der Waals surface area contributed by atoms with Gasteiger partial charge in [-0.15, -0.1) is 0 Å². The number of nitrogens with one attached hydrogen (secondary N) is 2. The normalized spacial score (nSPS) is 14.1. The second kappa shape index (κ2) is 8.29. The first-order chi connectivity index (χ1) is 11.9. The van der Waals surface area contributed by atoms with Gasteiger partial charge in [0.15, 0.2) is 17.5 Å². The molecule has 0 radical (unpaired) electrons. The number of rotatable bonds is 5. The lowest BCUT2D eigenvalue weighted by Crippen LogP contribution is -2.37. The number of furan rings is 1. The molecule has 0 spiro atoms. The number of aliphatic imine (C=N–C) groups is 1. The second-order valence-corrected chi connectivity index (χ2v) is 5.48. The molecule has 0 atom stereocenters. The van der Waals surface area contributed by atoms with Crippen molar-refractivity contribution in [3.63, 3.8) is 0 Å². The van der Waals surface area contributed by atoms with Crippen molar-refractivity contribution in [2.24, 2.45) is 4.99 Å². The minimum Gasteiger partial charge on any atom is -0.490 e. The molecule has 0 saturated heterocycles. The highest BCUT2D eigenvalue weighted by molar-refractivity contribution is 5.79. The molecule has 1 aromatic carbocycles. The van der Waals surface area contributed by atoms with Gasteiger partial charge in [-0.25, -0.2) is 0 Å². The zero-order valence-corrected chi connectivity index (χ0v) is 13.9. The Labute approximate surface area is 141 Å². The SMILES string of the molecule is CN=C(NCCc1ccco1)NCc1cccc2c1OCCCO2. The number of hydrogen-bond acceptors (Lipinski definition) is 4. The third kappa shape index (κ3) is 4.22. The van der Waals surface area contributed by atoms with Gasteiger partial charge < -0.3 is 24.5 Å². The van der Waals surface area contributed by atoms with E-state index in [4.69, 9.17) is 13.9 Å². The predicted octanol–water partition coefficient (Wildman–Crippen LogP) is 2.35. The van der Waals surface area contributed by atoms with Crippen LogP contribution in [0.1, 0.15) is 17.7 Å². The van der Waals surface area contributed by atoms with Crippen LogP contribution in [0.15, 0.2) is 46.0 Å². The molecule has 1 aromatic heterocycles. The quantitative estimate of drug-likeness (QED) is 0.651. The molecular formula is C18H23N3O3. The lowest BCUT2D eigenvalue weighted by Gasteiger charge is -2.15. The fourth-order valence-corrected chi connectivity index (χ4v) is 2.55. The van der Waals surface area contributed by atoms with E-state index in [9.17, 15) is 0 Å². The minimum atomic E-state index is 0.618. The molecule has 0 unspecified atom stereocenters. The Hall–Kier alpha value is -2.63. The maximum atomic E-state index is 5.84. The number of para-hydroxylation sites is 1. The molecule has 6 nitrogen and oxygen atoms in total. The van der Waals surface area contributed by atoms with Crippen LogP contribution < -0.4 is 20.1 Å². The molecule has 128 valence electrons. The van der Waals surface area contributed by atoms with Crippen LogP contribution in [0.25, 0.3) is 0 Å². The first kappa shape index (κ1) is 16.2. The van der Waals surface area contributed by atoms with E-state index in [1.165, 1.54) is 0 Å². The average molecular weight is 329 g/mol. The molecule has 2 aromatic rings. The summed E-state index contributed by atoms with van der Waals surface area (Å²) in [6, 6.07) is 9.83. The second-order valence-electron chi connectivity index (χ2n) is 5.48. The molecule has 6 heteroatoms. The Bertz CT molecular complexity index is 668. The fraction of sp³-hybridized carbons (Fsp3) is 0.389. The maximum Gasteiger partial charge on any atom is 0.191 e. The Balaban J connectivity index is 1.54. The van der Waals surface area contributed by atoms with Gasteiger partial charge in [0.2, 0.25) is 0 Å². The van der Waals surface area contributed by atoms with E-state index in [2.05, 4.69) is 15.6 Å². The minimum absolute atomic E-state index is 0.618. The Morgan fingerprint density at radius 1 is 1.12 bits per heavy atom. The van der Waals surface area contributed by atoms with E-state index in [0.29, 0.717) is 19.8 Å². The summed E-state index contributed by atoms with van der Waals surface area (Å²) >= 11 is 0. The van der Waals surface area contributed by atoms with Gasteiger partial charge in [-0.05, 0) is 18.2 Å². The van der Waals surface area contributed by atoms with Crippen molar-refractivity contribution >= 4 is 5.96 Å². The molecule has 1 aliphatic rings. The van der Waals surface area contributed by atoms with Gasteiger partial charge in [0.05, 0.1) is 19.5 Å². The topological polar surface area (TPSA) is 68.0 Å². The van der Waals surface area contributed by atoms with Crippen molar-refractivity contribution < 1.29 is 13.9 Å². The van der Waals surface area contributed by atoms with Crippen LogP contribution >= 0.6 is 0 Å². The molecule has 2 N–H and O–H groups in total. The van der Waals surface area contributed by atoms with Crippen molar-refractivity contribution in [3.05, 3.63) is 47.9 Å². The number of ether oxygens (including phenoxy) is 2. The summed E-state index contributed by atoms with van der Waals surface area (Å²) in [6.07, 6.45) is 3.40. The van der Waals surface area contributed by atoms with Crippen molar-refractivity contribution in [3.8, 4) is 11.5 Å². The van der Waals surface area contributed by atoms with E-state index in [1.54, 1.807) is 13.3 Å². The third-order valence-corrected chi connectivity index (χ3v) is 3.77. The number of hydrogen-bond donors (Lipinski definition) is 2. The first-order valence-electron chi connectivity index (χ1n) is 8.21. The predicted molar refractivity (Wildman–Crippen MR) is 92.7 cm³/mol. The molecule has 24 heavy (non-hydrogen) atoms. The van der Waals surface area contributed by atoms with Crippen LogP contribution in [0.5, 0.6) is 11.5 Å². The van der Waals surface area contributed by atoms with Gasteiger partial charge >= 0.3 is 0 Å². The molecule has 0 amide bonds. The van der Waals surface area contributed by atoms with E-state index in [1.807, 2.05) is 30.3 Å². The van der Waals surface area contributed by atoms with Crippen molar-refractivity contribution in [1.29, 1.82) is 0 Å². The summed E-state index contributed by atoms with van der Waals surface area (Å²) in [6.45, 7) is 2.74. The van der Waals surface area contributed by atoms with Crippen LogP contribution in [-0.4, -0.2) is 32.8 Å². The zero-order valence-electron chi connectivity index (χ0n) is 13.9. The summed E-state index contributed by atoms with van der Waals surface area (Å²) in [4.78, 5) is 4.24.